The van der Waals surface area contributed by atoms with Gasteiger partial charge in [0, 0.05) is 11.5 Å². The first-order valence-electron chi connectivity index (χ1n) is 5.74. The molecule has 0 radical (unpaired) electrons. The first-order valence-corrected chi connectivity index (χ1v) is 6.54. The van der Waals surface area contributed by atoms with Crippen LogP contribution in [0.4, 0.5) is 0 Å². The van der Waals surface area contributed by atoms with Crippen LogP contribution in [-0.2, 0) is 0 Å². The third-order valence-corrected chi connectivity index (χ3v) is 2.98. The van der Waals surface area contributed by atoms with Gasteiger partial charge in [0.05, 0.1) is 11.7 Å². The molecule has 0 aliphatic heterocycles. The molecule has 19 heavy (non-hydrogen) atoms. The van der Waals surface area contributed by atoms with Gasteiger partial charge in [0.2, 0.25) is 5.88 Å². The van der Waals surface area contributed by atoms with E-state index in [2.05, 4.69) is 30.9 Å². The summed E-state index contributed by atoms with van der Waals surface area (Å²) in [6, 6.07) is 11.6. The Labute approximate surface area is 118 Å². The highest BCUT2D eigenvalue weighted by Crippen LogP contribution is 2.24. The topological polar surface area (TPSA) is 47.9 Å². The first kappa shape index (κ1) is 12.0. The first-order chi connectivity index (χ1) is 9.20. The average molecular weight is 316 g/mol. The summed E-state index contributed by atoms with van der Waals surface area (Å²) in [4.78, 5) is 12.7. The molecule has 3 rings (SSSR count). The van der Waals surface area contributed by atoms with Crippen LogP contribution in [0.3, 0.4) is 0 Å². The Morgan fingerprint density at radius 3 is 2.79 bits per heavy atom. The Hall–Kier alpha value is -2.01. The SMILES string of the molecule is Cc1nc(Br)cc(Oc2cnc3ccccc3c2)n1. The van der Waals surface area contributed by atoms with Crippen LogP contribution in [0.15, 0.2) is 47.2 Å². The van der Waals surface area contributed by atoms with Gasteiger partial charge in [-0.05, 0) is 35.0 Å². The smallest absolute Gasteiger partial charge is 0.223 e. The van der Waals surface area contributed by atoms with E-state index in [1.165, 1.54) is 0 Å². The molecule has 0 spiro atoms. The van der Waals surface area contributed by atoms with Crippen molar-refractivity contribution >= 4 is 26.8 Å². The minimum absolute atomic E-state index is 0.497. The largest absolute Gasteiger partial charge is 0.437 e. The number of ether oxygens (including phenoxy) is 1. The van der Waals surface area contributed by atoms with Gasteiger partial charge in [-0.1, -0.05) is 18.2 Å². The van der Waals surface area contributed by atoms with Crippen LogP contribution >= 0.6 is 15.9 Å². The molecule has 0 saturated carbocycles. The third-order valence-electron chi connectivity index (χ3n) is 2.57. The molecule has 0 fully saturated rings. The number of aryl methyl sites for hydroxylation is 1. The fourth-order valence-electron chi connectivity index (χ4n) is 1.79. The average Bonchev–Trinajstić information content (AvgIpc) is 2.37. The number of fused-ring (bicyclic) bond motifs is 1. The van der Waals surface area contributed by atoms with Crippen molar-refractivity contribution in [2.24, 2.45) is 0 Å². The lowest BCUT2D eigenvalue weighted by Gasteiger charge is -2.06. The van der Waals surface area contributed by atoms with Crippen LogP contribution in [0.5, 0.6) is 11.6 Å². The van der Waals surface area contributed by atoms with Gasteiger partial charge in [0.25, 0.3) is 0 Å². The summed E-state index contributed by atoms with van der Waals surface area (Å²) in [7, 11) is 0. The lowest BCUT2D eigenvalue weighted by atomic mass is 10.2. The van der Waals surface area contributed by atoms with Gasteiger partial charge in [0.15, 0.2) is 0 Å². The van der Waals surface area contributed by atoms with E-state index in [0.29, 0.717) is 22.1 Å². The highest BCUT2D eigenvalue weighted by molar-refractivity contribution is 9.10. The molecule has 0 aliphatic carbocycles. The van der Waals surface area contributed by atoms with Crippen molar-refractivity contribution in [1.29, 1.82) is 0 Å². The minimum atomic E-state index is 0.497. The highest BCUT2D eigenvalue weighted by Gasteiger charge is 2.04. The van der Waals surface area contributed by atoms with Crippen LogP contribution in [0.2, 0.25) is 0 Å². The number of para-hydroxylation sites is 1. The van der Waals surface area contributed by atoms with Crippen molar-refractivity contribution in [2.75, 3.05) is 0 Å². The number of hydrogen-bond donors (Lipinski definition) is 0. The van der Waals surface area contributed by atoms with E-state index >= 15 is 0 Å². The molecule has 5 heteroatoms. The van der Waals surface area contributed by atoms with Crippen molar-refractivity contribution in [2.45, 2.75) is 6.92 Å². The van der Waals surface area contributed by atoms with E-state index in [0.717, 1.165) is 10.9 Å². The molecule has 1 aromatic carbocycles. The molecular weight excluding hydrogens is 306 g/mol. The Kier molecular flexibility index (Phi) is 3.13. The fourth-order valence-corrected chi connectivity index (χ4v) is 2.24. The normalized spacial score (nSPS) is 10.6. The number of benzene rings is 1. The van der Waals surface area contributed by atoms with Gasteiger partial charge in [-0.15, -0.1) is 0 Å². The van der Waals surface area contributed by atoms with E-state index in [1.54, 1.807) is 12.3 Å². The number of hydrogen-bond acceptors (Lipinski definition) is 4. The van der Waals surface area contributed by atoms with E-state index in [-0.39, 0.29) is 0 Å². The molecule has 0 aliphatic rings. The van der Waals surface area contributed by atoms with Crippen LogP contribution in [0.25, 0.3) is 10.9 Å². The Bertz CT molecular complexity index is 725. The number of rotatable bonds is 2. The van der Waals surface area contributed by atoms with Crippen molar-refractivity contribution in [3.05, 3.63) is 53.0 Å². The molecule has 0 unspecified atom stereocenters. The second-order valence-corrected chi connectivity index (χ2v) is 4.85. The number of pyridine rings is 1. The molecule has 0 N–H and O–H groups in total. The maximum atomic E-state index is 5.70. The molecule has 2 heterocycles. The summed E-state index contributed by atoms with van der Waals surface area (Å²) >= 11 is 3.32. The molecule has 0 atom stereocenters. The second kappa shape index (κ2) is 4.93. The summed E-state index contributed by atoms with van der Waals surface area (Å²) in [6.45, 7) is 1.82. The second-order valence-electron chi connectivity index (χ2n) is 4.04. The standard InChI is InChI=1S/C14H10BrN3O/c1-9-17-13(15)7-14(18-9)19-11-6-10-4-2-3-5-12(10)16-8-11/h2-8H,1H3. The molecule has 0 saturated heterocycles. The van der Waals surface area contributed by atoms with Crippen LogP contribution in [0.1, 0.15) is 5.82 Å². The molecule has 0 bridgehead atoms. The highest BCUT2D eigenvalue weighted by atomic mass is 79.9. The van der Waals surface area contributed by atoms with Crippen LogP contribution in [0, 0.1) is 6.92 Å². The predicted molar refractivity (Wildman–Crippen MR) is 76.3 cm³/mol. The summed E-state index contributed by atoms with van der Waals surface area (Å²) in [6.07, 6.45) is 1.69. The molecule has 94 valence electrons. The molecule has 3 aromatic rings. The van der Waals surface area contributed by atoms with Gasteiger partial charge in [-0.2, -0.15) is 4.98 Å². The monoisotopic (exact) mass is 315 g/mol. The zero-order valence-electron chi connectivity index (χ0n) is 10.2. The molecule has 4 nitrogen and oxygen atoms in total. The summed E-state index contributed by atoms with van der Waals surface area (Å²) in [5.41, 5.74) is 0.940. The lowest BCUT2D eigenvalue weighted by molar-refractivity contribution is 0.458. The van der Waals surface area contributed by atoms with Crippen LogP contribution in [-0.4, -0.2) is 15.0 Å². The van der Waals surface area contributed by atoms with Crippen molar-refractivity contribution in [3.8, 4) is 11.6 Å². The fraction of sp³-hybridized carbons (Fsp3) is 0.0714. The number of nitrogens with zero attached hydrogens (tertiary/aromatic N) is 3. The van der Waals surface area contributed by atoms with Gasteiger partial charge < -0.3 is 4.74 Å². The zero-order chi connectivity index (χ0) is 13.2. The summed E-state index contributed by atoms with van der Waals surface area (Å²) < 4.78 is 6.40. The van der Waals surface area contributed by atoms with Gasteiger partial charge in [0.1, 0.15) is 16.2 Å². The Morgan fingerprint density at radius 1 is 1.11 bits per heavy atom. The lowest BCUT2D eigenvalue weighted by Crippen LogP contribution is -1.94. The van der Waals surface area contributed by atoms with E-state index < -0.39 is 0 Å². The maximum Gasteiger partial charge on any atom is 0.223 e. The van der Waals surface area contributed by atoms with Gasteiger partial charge in [-0.3, -0.25) is 4.98 Å². The van der Waals surface area contributed by atoms with Crippen molar-refractivity contribution < 1.29 is 4.74 Å². The van der Waals surface area contributed by atoms with Crippen LogP contribution < -0.4 is 4.74 Å². The summed E-state index contributed by atoms with van der Waals surface area (Å²) in [5.74, 6) is 1.80. The third kappa shape index (κ3) is 2.71. The van der Waals surface area contributed by atoms with Crippen molar-refractivity contribution in [3.63, 3.8) is 0 Å². The maximum absolute atomic E-state index is 5.70. The Morgan fingerprint density at radius 2 is 1.95 bits per heavy atom. The van der Waals surface area contributed by atoms with Gasteiger partial charge in [-0.25, -0.2) is 4.98 Å². The van der Waals surface area contributed by atoms with E-state index in [4.69, 9.17) is 4.74 Å². The summed E-state index contributed by atoms with van der Waals surface area (Å²) in [5, 5.41) is 1.03. The van der Waals surface area contributed by atoms with Gasteiger partial charge >= 0.3 is 0 Å². The minimum Gasteiger partial charge on any atom is -0.437 e. The zero-order valence-corrected chi connectivity index (χ0v) is 11.8. The van der Waals surface area contributed by atoms with E-state index in [9.17, 15) is 0 Å². The number of aromatic nitrogens is 3. The predicted octanol–water partition coefficient (Wildman–Crippen LogP) is 3.89. The van der Waals surface area contributed by atoms with Crippen molar-refractivity contribution in [1.82, 2.24) is 15.0 Å². The molecule has 2 aromatic heterocycles. The molecular formula is C14H10BrN3O. The van der Waals surface area contributed by atoms with E-state index in [1.807, 2.05) is 37.3 Å². The quantitative estimate of drug-likeness (QED) is 0.673. The Balaban J connectivity index is 1.96. The number of halogens is 1. The molecule has 0 amide bonds.